The summed E-state index contributed by atoms with van der Waals surface area (Å²) in [6.45, 7) is 0. The fourth-order valence-electron chi connectivity index (χ4n) is 0. The van der Waals surface area contributed by atoms with E-state index in [1.165, 1.54) is 0 Å². The molecule has 0 N–H and O–H groups in total. The second kappa shape index (κ2) is 15.7. The molecule has 1 radical (unpaired) electrons. The van der Waals surface area contributed by atoms with Gasteiger partial charge in [-0.05, 0) is 0 Å². The molecule has 0 bridgehead atoms. The maximum atomic E-state index is 0. The van der Waals surface area contributed by atoms with Gasteiger partial charge >= 0.3 is 0 Å². The minimum atomic E-state index is 0. The fraction of sp³-hybridized carbons (Fsp3) is 0. The Morgan fingerprint density at radius 1 is 1.00 bits per heavy atom. The zero-order chi connectivity index (χ0) is 0. The molecule has 19 valence electrons. The third kappa shape index (κ3) is 9.52. The van der Waals surface area contributed by atoms with E-state index in [0.717, 1.165) is 0 Å². The van der Waals surface area contributed by atoms with E-state index in [9.17, 15) is 0 Å². The fourth-order valence-corrected chi connectivity index (χ4v) is 0. The zero-order valence-corrected chi connectivity index (χ0v) is 11.6. The Morgan fingerprint density at radius 3 is 1.00 bits per heavy atom. The maximum Gasteiger partial charge on any atom is 0 e. The Balaban J connectivity index is 0. The van der Waals surface area contributed by atoms with Crippen LogP contribution in [0.5, 0.6) is 0 Å². The van der Waals surface area contributed by atoms with Gasteiger partial charge in [-0.3, -0.25) is 0 Å². The summed E-state index contributed by atoms with van der Waals surface area (Å²) in [6.07, 6.45) is 0. The first-order chi connectivity index (χ1) is 0. The molecule has 0 nitrogen and oxygen atoms in total. The topological polar surface area (TPSA) is 0 Å². The van der Waals surface area contributed by atoms with E-state index in [1.54, 1.807) is 0 Å². The van der Waals surface area contributed by atoms with Crippen molar-refractivity contribution in [2.75, 3.05) is 0 Å². The summed E-state index contributed by atoms with van der Waals surface area (Å²) in [5.41, 5.74) is 0. The van der Waals surface area contributed by atoms with Crippen LogP contribution < -0.4 is 0 Å². The minimum Gasteiger partial charge on any atom is 0 e. The van der Waals surface area contributed by atoms with Crippen LogP contribution in [-0.2, 0) is 38.1 Å². The summed E-state index contributed by atoms with van der Waals surface area (Å²) in [5, 5.41) is 0. The molecule has 0 aliphatic heterocycles. The van der Waals surface area contributed by atoms with E-state index >= 15 is 0 Å². The van der Waals surface area contributed by atoms with Crippen LogP contribution in [0.15, 0.2) is 0 Å². The maximum absolute atomic E-state index is 0. The van der Waals surface area contributed by atoms with Crippen LogP contribution in [0.4, 0.5) is 0 Å². The van der Waals surface area contributed by atoms with Gasteiger partial charge in [-0.25, -0.2) is 0 Å². The van der Waals surface area contributed by atoms with Gasteiger partial charge in [0.1, 0.15) is 0 Å². The molecule has 0 atom stereocenters. The van der Waals surface area contributed by atoms with Crippen LogP contribution >= 0.6 is 0 Å². The van der Waals surface area contributed by atoms with Crippen LogP contribution in [0.2, 0.25) is 0 Å². The van der Waals surface area contributed by atoms with Crippen LogP contribution in [0.3, 0.4) is 0 Å². The SMILES string of the molecule is [Ce].[Fe].[K].[Mo]. The molecule has 0 rings (SSSR count). The smallest absolute Gasteiger partial charge is 0 e. The van der Waals surface area contributed by atoms with E-state index in [2.05, 4.69) is 0 Å². The number of hydrogen-bond donors (Lipinski definition) is 0. The van der Waals surface area contributed by atoms with E-state index in [4.69, 9.17) is 0 Å². The standard InChI is InChI=1S/Ce.Fe.K.Mo. The summed E-state index contributed by atoms with van der Waals surface area (Å²) >= 11 is 0. The van der Waals surface area contributed by atoms with Crippen molar-refractivity contribution in [2.24, 2.45) is 0 Å². The van der Waals surface area contributed by atoms with Crippen molar-refractivity contribution in [1.29, 1.82) is 0 Å². The first-order valence-corrected chi connectivity index (χ1v) is 0. The molecular formula is CeFeKMo. The van der Waals surface area contributed by atoms with E-state index in [0.29, 0.717) is 0 Å². The van der Waals surface area contributed by atoms with Crippen LogP contribution in [0, 0.1) is 41.7 Å². The van der Waals surface area contributed by atoms with Crippen molar-refractivity contribution in [3.63, 3.8) is 0 Å². The van der Waals surface area contributed by atoms with Gasteiger partial charge in [0.2, 0.25) is 0 Å². The van der Waals surface area contributed by atoms with Gasteiger partial charge in [0, 0.05) is 131 Å². The molecule has 0 aromatic heterocycles. The zero-order valence-electron chi connectivity index (χ0n) is 2.26. The molecule has 0 saturated heterocycles. The quantitative estimate of drug-likeness (QED) is 0.531. The Kier molecular flexibility index (Phi) is 94.3. The average Bonchev–Trinajstić information content (AvgIpc) is 0. The van der Waals surface area contributed by atoms with Gasteiger partial charge in [-0.15, -0.1) is 0 Å². The summed E-state index contributed by atoms with van der Waals surface area (Å²) in [7, 11) is 0. The van der Waals surface area contributed by atoms with Crippen molar-refractivity contribution in [2.45, 2.75) is 0 Å². The molecule has 4 heavy (non-hydrogen) atoms. The average molecular weight is 331 g/mol. The Labute approximate surface area is 127 Å². The first-order valence-electron chi connectivity index (χ1n) is 0. The van der Waals surface area contributed by atoms with Crippen LogP contribution in [-0.4, -0.2) is 51.4 Å². The van der Waals surface area contributed by atoms with Gasteiger partial charge in [0.25, 0.3) is 0 Å². The van der Waals surface area contributed by atoms with Crippen LogP contribution in [0.25, 0.3) is 0 Å². The van der Waals surface area contributed by atoms with Gasteiger partial charge in [-0.2, -0.15) is 0 Å². The molecule has 0 fully saturated rings. The van der Waals surface area contributed by atoms with Crippen molar-refractivity contribution in [3.05, 3.63) is 0 Å². The molecule has 4 heteroatoms. The molecule has 0 aliphatic rings. The number of rotatable bonds is 0. The van der Waals surface area contributed by atoms with Crippen molar-refractivity contribution in [1.82, 2.24) is 0 Å². The number of hydrogen-bond acceptors (Lipinski definition) is 0. The Hall–Kier alpha value is 4.22. The molecule has 0 amide bonds. The van der Waals surface area contributed by atoms with Gasteiger partial charge in [0.15, 0.2) is 0 Å². The monoisotopic (exact) mass is 333 g/mol. The van der Waals surface area contributed by atoms with Gasteiger partial charge < -0.3 is 0 Å². The van der Waals surface area contributed by atoms with Crippen LogP contribution in [0.1, 0.15) is 0 Å². The predicted molar refractivity (Wildman–Crippen MR) is 5.75 cm³/mol. The molecule has 0 unspecified atom stereocenters. The normalized spacial score (nSPS) is 0. The predicted octanol–water partition coefficient (Wildman–Crippen LogP) is -0.386. The van der Waals surface area contributed by atoms with Crippen molar-refractivity contribution >= 4 is 51.4 Å². The second-order valence-corrected chi connectivity index (χ2v) is 0. The van der Waals surface area contributed by atoms with E-state index in [-0.39, 0.29) is 131 Å². The van der Waals surface area contributed by atoms with Crippen molar-refractivity contribution in [3.8, 4) is 0 Å². The third-order valence-corrected chi connectivity index (χ3v) is 0. The molecule has 0 saturated carbocycles. The summed E-state index contributed by atoms with van der Waals surface area (Å²) in [5.74, 6) is 0. The Morgan fingerprint density at radius 2 is 1.00 bits per heavy atom. The summed E-state index contributed by atoms with van der Waals surface area (Å²) < 4.78 is 0. The Bertz CT molecular complexity index is 8.00. The molecule has 0 aromatic carbocycles. The molecule has 0 aromatic rings. The van der Waals surface area contributed by atoms with E-state index in [1.807, 2.05) is 0 Å². The largest absolute Gasteiger partial charge is 0 e. The second-order valence-electron chi connectivity index (χ2n) is 0. The van der Waals surface area contributed by atoms with E-state index < -0.39 is 0 Å². The molecule has 0 heterocycles. The third-order valence-electron chi connectivity index (χ3n) is 0. The van der Waals surface area contributed by atoms with Gasteiger partial charge in [-0.1, -0.05) is 0 Å². The van der Waals surface area contributed by atoms with Gasteiger partial charge in [0.05, 0.1) is 0 Å². The summed E-state index contributed by atoms with van der Waals surface area (Å²) in [6, 6.07) is 0. The molecular weight excluding hydrogens is 331 g/mol. The summed E-state index contributed by atoms with van der Waals surface area (Å²) in [4.78, 5) is 0. The molecule has 0 spiro atoms. The first kappa shape index (κ1) is 24.1. The van der Waals surface area contributed by atoms with Crippen molar-refractivity contribution < 1.29 is 79.9 Å². The molecule has 0 aliphatic carbocycles. The minimum absolute atomic E-state index is 0.